The van der Waals surface area contributed by atoms with Crippen LogP contribution in [0.15, 0.2) is 35.3 Å². The van der Waals surface area contributed by atoms with E-state index in [1.807, 2.05) is 6.07 Å². The molecule has 90 valence electrons. The lowest BCUT2D eigenvalue weighted by molar-refractivity contribution is 0.415. The summed E-state index contributed by atoms with van der Waals surface area (Å²) in [5, 5.41) is 9.28. The molecule has 0 bridgehead atoms. The monoisotopic (exact) mass is 260 g/mol. The quantitative estimate of drug-likeness (QED) is 0.902. The van der Waals surface area contributed by atoms with E-state index in [0.29, 0.717) is 10.8 Å². The fourth-order valence-electron chi connectivity index (χ4n) is 1.58. The highest BCUT2D eigenvalue weighted by Gasteiger charge is 2.06. The Bertz CT molecular complexity index is 686. The van der Waals surface area contributed by atoms with Gasteiger partial charge in [0.05, 0.1) is 12.1 Å². The summed E-state index contributed by atoms with van der Waals surface area (Å²) in [6.45, 7) is 0. The molecule has 2 rings (SSSR count). The molecule has 18 heavy (non-hydrogen) atoms. The molecule has 4 nitrogen and oxygen atoms in total. The van der Waals surface area contributed by atoms with E-state index in [1.165, 1.54) is 13.2 Å². The van der Waals surface area contributed by atoms with Crippen molar-refractivity contribution in [3.05, 3.63) is 51.4 Å². The third-order valence-corrected chi connectivity index (χ3v) is 2.80. The SMILES string of the molecule is COc1ccc(-c2c[nH]c(=O)c(C#N)c2)cc1Cl. The van der Waals surface area contributed by atoms with Crippen LogP contribution in [0.5, 0.6) is 5.75 Å². The van der Waals surface area contributed by atoms with Gasteiger partial charge in [0.25, 0.3) is 5.56 Å². The van der Waals surface area contributed by atoms with Crippen LogP contribution in [0.1, 0.15) is 5.56 Å². The van der Waals surface area contributed by atoms with Crippen LogP contribution in [0.4, 0.5) is 0 Å². The largest absolute Gasteiger partial charge is 0.495 e. The Hall–Kier alpha value is -2.25. The Labute approximate surface area is 108 Å². The van der Waals surface area contributed by atoms with Crippen LogP contribution >= 0.6 is 11.6 Å². The second-order valence-corrected chi connectivity index (χ2v) is 4.00. The molecule has 0 spiro atoms. The Morgan fingerprint density at radius 3 is 2.72 bits per heavy atom. The predicted molar refractivity (Wildman–Crippen MR) is 68.8 cm³/mol. The van der Waals surface area contributed by atoms with Gasteiger partial charge in [-0.1, -0.05) is 17.7 Å². The average Bonchev–Trinajstić information content (AvgIpc) is 2.39. The first-order valence-electron chi connectivity index (χ1n) is 5.12. The highest BCUT2D eigenvalue weighted by Crippen LogP contribution is 2.29. The Kier molecular flexibility index (Phi) is 3.35. The molecule has 5 heteroatoms. The molecule has 0 amide bonds. The molecule has 2 aromatic rings. The zero-order valence-corrected chi connectivity index (χ0v) is 10.3. The summed E-state index contributed by atoms with van der Waals surface area (Å²) in [6, 6.07) is 8.62. The van der Waals surface area contributed by atoms with E-state index in [4.69, 9.17) is 21.6 Å². The summed E-state index contributed by atoms with van der Waals surface area (Å²) in [5.41, 5.74) is 1.18. The fourth-order valence-corrected chi connectivity index (χ4v) is 1.84. The molecule has 0 aliphatic carbocycles. The lowest BCUT2D eigenvalue weighted by Crippen LogP contribution is -2.08. The van der Waals surface area contributed by atoms with Crippen molar-refractivity contribution in [3.63, 3.8) is 0 Å². The molecule has 0 aliphatic rings. The Morgan fingerprint density at radius 1 is 1.33 bits per heavy atom. The number of rotatable bonds is 2. The number of benzene rings is 1. The van der Waals surface area contributed by atoms with Gasteiger partial charge < -0.3 is 9.72 Å². The van der Waals surface area contributed by atoms with Crippen LogP contribution < -0.4 is 10.3 Å². The molecule has 0 atom stereocenters. The highest BCUT2D eigenvalue weighted by molar-refractivity contribution is 6.32. The first-order valence-corrected chi connectivity index (χ1v) is 5.50. The summed E-state index contributed by atoms with van der Waals surface area (Å²) in [6.07, 6.45) is 1.54. The van der Waals surface area contributed by atoms with Crippen molar-refractivity contribution in [1.82, 2.24) is 4.98 Å². The van der Waals surface area contributed by atoms with E-state index in [9.17, 15) is 4.79 Å². The number of H-pyrrole nitrogens is 1. The summed E-state index contributed by atoms with van der Waals surface area (Å²) < 4.78 is 5.06. The third-order valence-electron chi connectivity index (χ3n) is 2.51. The molecule has 0 radical (unpaired) electrons. The van der Waals surface area contributed by atoms with Gasteiger partial charge in [0.2, 0.25) is 0 Å². The van der Waals surface area contributed by atoms with Crippen molar-refractivity contribution in [2.75, 3.05) is 7.11 Å². The van der Waals surface area contributed by atoms with Gasteiger partial charge in [-0.2, -0.15) is 5.26 Å². The van der Waals surface area contributed by atoms with Crippen molar-refractivity contribution in [2.24, 2.45) is 0 Å². The van der Waals surface area contributed by atoms with Gasteiger partial charge in [-0.05, 0) is 29.3 Å². The third kappa shape index (κ3) is 2.22. The molecule has 0 saturated carbocycles. The second-order valence-electron chi connectivity index (χ2n) is 3.59. The second kappa shape index (κ2) is 4.94. The molecule has 0 fully saturated rings. The number of nitrogens with one attached hydrogen (secondary N) is 1. The van der Waals surface area contributed by atoms with E-state index >= 15 is 0 Å². The van der Waals surface area contributed by atoms with Crippen LogP contribution in [-0.4, -0.2) is 12.1 Å². The number of nitrogens with zero attached hydrogens (tertiary/aromatic N) is 1. The number of pyridine rings is 1. The Morgan fingerprint density at radius 2 is 2.11 bits per heavy atom. The van der Waals surface area contributed by atoms with Crippen molar-refractivity contribution in [1.29, 1.82) is 5.26 Å². The van der Waals surface area contributed by atoms with Crippen molar-refractivity contribution < 1.29 is 4.74 Å². The summed E-state index contributed by atoms with van der Waals surface area (Å²) >= 11 is 6.02. The number of ether oxygens (including phenoxy) is 1. The van der Waals surface area contributed by atoms with E-state index < -0.39 is 5.56 Å². The zero-order valence-electron chi connectivity index (χ0n) is 9.53. The molecule has 0 aliphatic heterocycles. The molecule has 0 unspecified atom stereocenters. The van der Waals surface area contributed by atoms with Crippen LogP contribution in [0.2, 0.25) is 5.02 Å². The number of hydrogen-bond donors (Lipinski definition) is 1. The smallest absolute Gasteiger partial charge is 0.265 e. The van der Waals surface area contributed by atoms with Gasteiger partial charge in [0.15, 0.2) is 0 Å². The van der Waals surface area contributed by atoms with Gasteiger partial charge in [0.1, 0.15) is 17.4 Å². The van der Waals surface area contributed by atoms with Crippen molar-refractivity contribution >= 4 is 11.6 Å². The lowest BCUT2D eigenvalue weighted by atomic mass is 10.1. The standard InChI is InChI=1S/C13H9ClN2O2/c1-18-12-3-2-8(5-11(12)14)10-4-9(6-15)13(17)16-7-10/h2-5,7H,1H3,(H,16,17). The number of halogens is 1. The van der Waals surface area contributed by atoms with Gasteiger partial charge in [0, 0.05) is 6.20 Å². The minimum atomic E-state index is -0.402. The topological polar surface area (TPSA) is 65.9 Å². The van der Waals surface area contributed by atoms with Gasteiger partial charge >= 0.3 is 0 Å². The highest BCUT2D eigenvalue weighted by atomic mass is 35.5. The van der Waals surface area contributed by atoms with Crippen LogP contribution in [0.3, 0.4) is 0 Å². The first kappa shape index (κ1) is 12.2. The normalized spacial score (nSPS) is 9.83. The van der Waals surface area contributed by atoms with E-state index in [0.717, 1.165) is 11.1 Å². The number of hydrogen-bond acceptors (Lipinski definition) is 3. The van der Waals surface area contributed by atoms with Crippen molar-refractivity contribution in [2.45, 2.75) is 0 Å². The average molecular weight is 261 g/mol. The number of aromatic amines is 1. The molecule has 1 heterocycles. The van der Waals surface area contributed by atoms with E-state index in [1.54, 1.807) is 24.4 Å². The minimum Gasteiger partial charge on any atom is -0.495 e. The molecular weight excluding hydrogens is 252 g/mol. The van der Waals surface area contributed by atoms with Crippen LogP contribution in [0.25, 0.3) is 11.1 Å². The molecule has 1 aromatic carbocycles. The summed E-state index contributed by atoms with van der Waals surface area (Å²) in [4.78, 5) is 13.8. The zero-order chi connectivity index (χ0) is 13.1. The fraction of sp³-hybridized carbons (Fsp3) is 0.0769. The van der Waals surface area contributed by atoms with Crippen LogP contribution in [0, 0.1) is 11.3 Å². The van der Waals surface area contributed by atoms with Gasteiger partial charge in [-0.15, -0.1) is 0 Å². The molecule has 1 aromatic heterocycles. The maximum atomic E-state index is 11.3. The number of methoxy groups -OCH3 is 1. The maximum Gasteiger partial charge on any atom is 0.265 e. The first-order chi connectivity index (χ1) is 8.65. The van der Waals surface area contributed by atoms with Crippen LogP contribution in [-0.2, 0) is 0 Å². The number of nitriles is 1. The number of aromatic nitrogens is 1. The maximum absolute atomic E-state index is 11.3. The molecule has 0 saturated heterocycles. The molecule has 1 N–H and O–H groups in total. The van der Waals surface area contributed by atoms with Crippen molar-refractivity contribution in [3.8, 4) is 22.9 Å². The molecular formula is C13H9ClN2O2. The predicted octanol–water partition coefficient (Wildman–Crippen LogP) is 2.58. The minimum absolute atomic E-state index is 0.0689. The van der Waals surface area contributed by atoms with Gasteiger partial charge in [-0.3, -0.25) is 4.79 Å². The Balaban J connectivity index is 2.53. The van der Waals surface area contributed by atoms with Gasteiger partial charge in [-0.25, -0.2) is 0 Å². The van der Waals surface area contributed by atoms with E-state index in [2.05, 4.69) is 4.98 Å². The lowest BCUT2D eigenvalue weighted by Gasteiger charge is -2.06. The summed E-state index contributed by atoms with van der Waals surface area (Å²) in [7, 11) is 1.54. The summed E-state index contributed by atoms with van der Waals surface area (Å²) in [5.74, 6) is 0.574. The van der Waals surface area contributed by atoms with E-state index in [-0.39, 0.29) is 5.56 Å².